The number of hydrogen-bond donors (Lipinski definition) is 2. The summed E-state index contributed by atoms with van der Waals surface area (Å²) in [5.41, 5.74) is -0.520. The van der Waals surface area contributed by atoms with E-state index in [-0.39, 0.29) is 24.0 Å². The van der Waals surface area contributed by atoms with Crippen molar-refractivity contribution in [2.24, 2.45) is 10.8 Å². The predicted molar refractivity (Wildman–Crippen MR) is 57.9 cm³/mol. The van der Waals surface area contributed by atoms with Gasteiger partial charge in [-0.1, -0.05) is 41.5 Å². The molecule has 1 unspecified atom stereocenters. The van der Waals surface area contributed by atoms with E-state index < -0.39 is 5.41 Å². The van der Waals surface area contributed by atoms with Crippen LogP contribution in [-0.4, -0.2) is 23.7 Å². The minimum absolute atomic E-state index is 0.0218. The lowest BCUT2D eigenvalue weighted by atomic mass is 9.86. The first-order chi connectivity index (χ1) is 6.09. The Hall–Kier alpha value is -0.570. The van der Waals surface area contributed by atoms with Gasteiger partial charge in [-0.05, 0) is 5.41 Å². The molecule has 0 aromatic carbocycles. The average molecular weight is 201 g/mol. The summed E-state index contributed by atoms with van der Waals surface area (Å²) < 4.78 is 0. The number of hydrogen-bond acceptors (Lipinski definition) is 2. The highest BCUT2D eigenvalue weighted by Crippen LogP contribution is 2.21. The van der Waals surface area contributed by atoms with Crippen molar-refractivity contribution in [2.45, 2.75) is 47.6 Å². The van der Waals surface area contributed by atoms with Crippen molar-refractivity contribution < 1.29 is 9.90 Å². The molecule has 0 aromatic heterocycles. The van der Waals surface area contributed by atoms with Crippen LogP contribution in [0, 0.1) is 10.8 Å². The Morgan fingerprint density at radius 2 is 1.64 bits per heavy atom. The van der Waals surface area contributed by atoms with Crippen molar-refractivity contribution in [3.8, 4) is 0 Å². The van der Waals surface area contributed by atoms with Gasteiger partial charge in [0.25, 0.3) is 0 Å². The topological polar surface area (TPSA) is 49.3 Å². The van der Waals surface area contributed by atoms with Crippen LogP contribution in [0.4, 0.5) is 0 Å². The van der Waals surface area contributed by atoms with E-state index in [2.05, 4.69) is 5.32 Å². The van der Waals surface area contributed by atoms with E-state index in [9.17, 15) is 4.79 Å². The largest absolute Gasteiger partial charge is 0.394 e. The molecule has 0 aliphatic rings. The first-order valence-electron chi connectivity index (χ1n) is 5.01. The zero-order chi connectivity index (χ0) is 11.6. The third kappa shape index (κ3) is 4.09. The van der Waals surface area contributed by atoms with Gasteiger partial charge in [-0.2, -0.15) is 0 Å². The Bertz CT molecular complexity index is 198. The minimum atomic E-state index is -0.404. The zero-order valence-electron chi connectivity index (χ0n) is 10.1. The van der Waals surface area contributed by atoms with Gasteiger partial charge < -0.3 is 10.4 Å². The molecule has 3 heteroatoms. The van der Waals surface area contributed by atoms with Gasteiger partial charge >= 0.3 is 0 Å². The highest BCUT2D eigenvalue weighted by atomic mass is 16.3. The molecule has 0 aliphatic carbocycles. The molecule has 0 bridgehead atoms. The molecule has 14 heavy (non-hydrogen) atoms. The fourth-order valence-corrected chi connectivity index (χ4v) is 0.911. The second-order valence-electron chi connectivity index (χ2n) is 5.82. The molecule has 84 valence electrons. The Kier molecular flexibility index (Phi) is 4.13. The normalized spacial score (nSPS) is 15.1. The van der Waals surface area contributed by atoms with Gasteiger partial charge in [0.15, 0.2) is 0 Å². The van der Waals surface area contributed by atoms with Crippen LogP contribution in [0.25, 0.3) is 0 Å². The molecule has 0 heterocycles. The van der Waals surface area contributed by atoms with Crippen LogP contribution in [0.2, 0.25) is 0 Å². The Labute approximate surface area is 86.9 Å². The van der Waals surface area contributed by atoms with Crippen molar-refractivity contribution in [3.63, 3.8) is 0 Å². The minimum Gasteiger partial charge on any atom is -0.394 e. The number of nitrogens with one attached hydrogen (secondary N) is 1. The van der Waals surface area contributed by atoms with Crippen LogP contribution in [-0.2, 0) is 4.79 Å². The Morgan fingerprint density at radius 3 is 1.86 bits per heavy atom. The van der Waals surface area contributed by atoms with Gasteiger partial charge in [0.2, 0.25) is 5.91 Å². The number of carbonyl (C=O) groups excluding carboxylic acids is 1. The standard InChI is InChI=1S/C11H23NO2/c1-10(2,3)8(7-13)12-9(14)11(4,5)6/h8,13H,7H2,1-6H3,(H,12,14). The first-order valence-corrected chi connectivity index (χ1v) is 5.01. The Morgan fingerprint density at radius 1 is 1.21 bits per heavy atom. The highest BCUT2D eigenvalue weighted by Gasteiger charge is 2.29. The van der Waals surface area contributed by atoms with E-state index in [1.165, 1.54) is 0 Å². The first kappa shape index (κ1) is 13.4. The maximum absolute atomic E-state index is 11.7. The van der Waals surface area contributed by atoms with E-state index in [1.807, 2.05) is 41.5 Å². The third-order valence-corrected chi connectivity index (χ3v) is 2.21. The lowest BCUT2D eigenvalue weighted by Gasteiger charge is -2.32. The molecule has 0 saturated carbocycles. The van der Waals surface area contributed by atoms with Crippen LogP contribution < -0.4 is 5.32 Å². The van der Waals surface area contributed by atoms with Crippen LogP contribution in [0.5, 0.6) is 0 Å². The van der Waals surface area contributed by atoms with Gasteiger partial charge in [-0.3, -0.25) is 4.79 Å². The predicted octanol–water partition coefficient (Wildman–Crippen LogP) is 1.56. The second kappa shape index (κ2) is 4.30. The highest BCUT2D eigenvalue weighted by molar-refractivity contribution is 5.81. The molecule has 1 amide bonds. The summed E-state index contributed by atoms with van der Waals surface area (Å²) in [4.78, 5) is 11.7. The molecular weight excluding hydrogens is 178 g/mol. The lowest BCUT2D eigenvalue weighted by molar-refractivity contribution is -0.130. The van der Waals surface area contributed by atoms with Gasteiger partial charge in [0, 0.05) is 5.41 Å². The lowest BCUT2D eigenvalue weighted by Crippen LogP contribution is -2.49. The average Bonchev–Trinajstić information content (AvgIpc) is 1.95. The summed E-state index contributed by atoms with van der Waals surface area (Å²) in [5, 5.41) is 12.0. The quantitative estimate of drug-likeness (QED) is 0.712. The third-order valence-electron chi connectivity index (χ3n) is 2.21. The van der Waals surface area contributed by atoms with E-state index in [0.717, 1.165) is 0 Å². The van der Waals surface area contributed by atoms with Gasteiger partial charge in [0.05, 0.1) is 12.6 Å². The Balaban J connectivity index is 4.43. The molecular formula is C11H23NO2. The molecule has 0 spiro atoms. The van der Waals surface area contributed by atoms with Gasteiger partial charge in [-0.15, -0.1) is 0 Å². The molecule has 3 nitrogen and oxygen atoms in total. The molecule has 0 rings (SSSR count). The molecule has 1 atom stereocenters. The summed E-state index contributed by atoms with van der Waals surface area (Å²) in [7, 11) is 0. The fraction of sp³-hybridized carbons (Fsp3) is 0.909. The van der Waals surface area contributed by atoms with Crippen LogP contribution in [0.15, 0.2) is 0 Å². The maximum atomic E-state index is 11.7. The van der Waals surface area contributed by atoms with E-state index in [4.69, 9.17) is 5.11 Å². The van der Waals surface area contributed by atoms with Crippen molar-refractivity contribution in [3.05, 3.63) is 0 Å². The zero-order valence-corrected chi connectivity index (χ0v) is 10.1. The van der Waals surface area contributed by atoms with Gasteiger partial charge in [0.1, 0.15) is 0 Å². The molecule has 0 aromatic rings. The smallest absolute Gasteiger partial charge is 0.225 e. The van der Waals surface area contributed by atoms with Crippen LogP contribution in [0.1, 0.15) is 41.5 Å². The maximum Gasteiger partial charge on any atom is 0.225 e. The summed E-state index contributed by atoms with van der Waals surface area (Å²) in [6, 6.07) is -0.186. The number of carbonyl (C=O) groups is 1. The monoisotopic (exact) mass is 201 g/mol. The molecule has 0 fully saturated rings. The summed E-state index contributed by atoms with van der Waals surface area (Å²) in [6.45, 7) is 11.5. The SMILES string of the molecule is CC(C)(C)C(=O)NC(CO)C(C)(C)C. The van der Waals surface area contributed by atoms with Gasteiger partial charge in [-0.25, -0.2) is 0 Å². The molecule has 0 aliphatic heterocycles. The van der Waals surface area contributed by atoms with E-state index in [0.29, 0.717) is 0 Å². The molecule has 2 N–H and O–H groups in total. The van der Waals surface area contributed by atoms with Crippen molar-refractivity contribution in [1.29, 1.82) is 0 Å². The fourth-order valence-electron chi connectivity index (χ4n) is 0.911. The second-order valence-corrected chi connectivity index (χ2v) is 5.82. The van der Waals surface area contributed by atoms with Crippen molar-refractivity contribution in [2.75, 3.05) is 6.61 Å². The van der Waals surface area contributed by atoms with Crippen molar-refractivity contribution >= 4 is 5.91 Å². The van der Waals surface area contributed by atoms with E-state index >= 15 is 0 Å². The number of amides is 1. The number of aliphatic hydroxyl groups is 1. The summed E-state index contributed by atoms with van der Waals surface area (Å²) >= 11 is 0. The molecule has 0 saturated heterocycles. The van der Waals surface area contributed by atoms with Crippen molar-refractivity contribution in [1.82, 2.24) is 5.32 Å². The summed E-state index contributed by atoms with van der Waals surface area (Å²) in [6.07, 6.45) is 0. The number of aliphatic hydroxyl groups excluding tert-OH is 1. The number of rotatable bonds is 2. The van der Waals surface area contributed by atoms with Crippen LogP contribution >= 0.6 is 0 Å². The van der Waals surface area contributed by atoms with E-state index in [1.54, 1.807) is 0 Å². The molecule has 0 radical (unpaired) electrons. The van der Waals surface area contributed by atoms with Crippen LogP contribution in [0.3, 0.4) is 0 Å². The summed E-state index contributed by atoms with van der Waals surface area (Å²) in [5.74, 6) is -0.0218.